The average molecular weight is 283 g/mol. The van der Waals surface area contributed by atoms with E-state index < -0.39 is 12.0 Å². The highest BCUT2D eigenvalue weighted by Crippen LogP contribution is 2.17. The van der Waals surface area contributed by atoms with Crippen LogP contribution in [0.4, 0.5) is 4.79 Å². The van der Waals surface area contributed by atoms with Crippen molar-refractivity contribution in [3.63, 3.8) is 0 Å². The van der Waals surface area contributed by atoms with Gasteiger partial charge in [0.05, 0.1) is 0 Å². The van der Waals surface area contributed by atoms with Gasteiger partial charge in [-0.1, -0.05) is 13.0 Å². The molecule has 2 amide bonds. The number of nitrogens with zero attached hydrogens (tertiary/aromatic N) is 2. The van der Waals surface area contributed by atoms with Gasteiger partial charge in [-0.3, -0.25) is 4.90 Å². The maximum absolute atomic E-state index is 12.0. The van der Waals surface area contributed by atoms with Crippen LogP contribution in [0.25, 0.3) is 0 Å². The molecule has 1 fully saturated rings. The monoisotopic (exact) mass is 283 g/mol. The molecule has 0 aromatic carbocycles. The van der Waals surface area contributed by atoms with Gasteiger partial charge in [0.2, 0.25) is 0 Å². The Labute approximate surface area is 120 Å². The molecule has 114 valence electrons. The van der Waals surface area contributed by atoms with E-state index in [1.807, 2.05) is 0 Å². The highest BCUT2D eigenvalue weighted by atomic mass is 16.4. The number of carboxylic acids is 1. The van der Waals surface area contributed by atoms with Crippen molar-refractivity contribution in [3.8, 4) is 0 Å². The highest BCUT2D eigenvalue weighted by molar-refractivity contribution is 5.82. The number of carboxylic acid groups (broad SMARTS) is 1. The van der Waals surface area contributed by atoms with Gasteiger partial charge in [0.1, 0.15) is 6.04 Å². The largest absolute Gasteiger partial charge is 0.480 e. The zero-order valence-corrected chi connectivity index (χ0v) is 12.3. The van der Waals surface area contributed by atoms with E-state index in [9.17, 15) is 9.59 Å². The van der Waals surface area contributed by atoms with Crippen LogP contribution in [-0.4, -0.2) is 65.7 Å². The molecule has 2 unspecified atom stereocenters. The van der Waals surface area contributed by atoms with E-state index in [0.717, 1.165) is 25.9 Å². The third-order valence-electron chi connectivity index (χ3n) is 3.73. The summed E-state index contributed by atoms with van der Waals surface area (Å²) in [5.74, 6) is -1.04. The Bertz CT molecular complexity index is 360. The zero-order chi connectivity index (χ0) is 15.1. The summed E-state index contributed by atoms with van der Waals surface area (Å²) < 4.78 is 0. The van der Waals surface area contributed by atoms with Gasteiger partial charge < -0.3 is 15.3 Å². The van der Waals surface area contributed by atoms with E-state index in [-0.39, 0.29) is 12.5 Å². The van der Waals surface area contributed by atoms with Crippen LogP contribution in [0.5, 0.6) is 0 Å². The number of aliphatic carboxylic acids is 1. The van der Waals surface area contributed by atoms with Crippen LogP contribution in [0.2, 0.25) is 0 Å². The van der Waals surface area contributed by atoms with Crippen molar-refractivity contribution >= 4 is 12.0 Å². The summed E-state index contributed by atoms with van der Waals surface area (Å²) in [6, 6.07) is -0.881. The van der Waals surface area contributed by atoms with Gasteiger partial charge in [0.15, 0.2) is 0 Å². The van der Waals surface area contributed by atoms with E-state index >= 15 is 0 Å². The van der Waals surface area contributed by atoms with Crippen LogP contribution in [0.3, 0.4) is 0 Å². The molecular weight excluding hydrogens is 258 g/mol. The van der Waals surface area contributed by atoms with Gasteiger partial charge in [0, 0.05) is 19.6 Å². The Kier molecular flexibility index (Phi) is 6.51. The fourth-order valence-electron chi connectivity index (χ4n) is 2.56. The number of rotatable bonds is 7. The van der Waals surface area contributed by atoms with Crippen molar-refractivity contribution < 1.29 is 14.7 Å². The summed E-state index contributed by atoms with van der Waals surface area (Å²) in [4.78, 5) is 26.9. The summed E-state index contributed by atoms with van der Waals surface area (Å²) in [6.45, 7) is 8.30. The minimum absolute atomic E-state index is 0.222. The minimum Gasteiger partial charge on any atom is -0.480 e. The molecule has 1 rings (SSSR count). The molecule has 0 aromatic rings. The van der Waals surface area contributed by atoms with Crippen molar-refractivity contribution in [3.05, 3.63) is 12.7 Å². The van der Waals surface area contributed by atoms with Gasteiger partial charge >= 0.3 is 12.0 Å². The van der Waals surface area contributed by atoms with E-state index in [0.29, 0.717) is 12.6 Å². The summed E-state index contributed by atoms with van der Waals surface area (Å²) in [5.41, 5.74) is 0. The van der Waals surface area contributed by atoms with E-state index in [2.05, 4.69) is 23.7 Å². The lowest BCUT2D eigenvalue weighted by Gasteiger charge is -2.28. The zero-order valence-electron chi connectivity index (χ0n) is 12.3. The lowest BCUT2D eigenvalue weighted by molar-refractivity contribution is -0.139. The number of urea groups is 1. The maximum atomic E-state index is 12.0. The molecule has 2 N–H and O–H groups in total. The van der Waals surface area contributed by atoms with Crippen molar-refractivity contribution in [1.82, 2.24) is 15.1 Å². The number of nitrogens with one attached hydrogen (secondary N) is 1. The first kappa shape index (κ1) is 16.5. The van der Waals surface area contributed by atoms with Crippen LogP contribution < -0.4 is 5.32 Å². The predicted octanol–water partition coefficient (Wildman–Crippen LogP) is 1.14. The van der Waals surface area contributed by atoms with Crippen molar-refractivity contribution in [2.24, 2.45) is 0 Å². The molecule has 0 saturated carbocycles. The lowest BCUT2D eigenvalue weighted by Crippen LogP contribution is -2.49. The van der Waals surface area contributed by atoms with E-state index in [4.69, 9.17) is 5.11 Å². The number of hydrogen-bond acceptors (Lipinski definition) is 3. The second-order valence-corrected chi connectivity index (χ2v) is 5.17. The second kappa shape index (κ2) is 7.89. The Hall–Kier alpha value is -1.56. The lowest BCUT2D eigenvalue weighted by atomic mass is 10.2. The number of likely N-dealkylation sites (N-methyl/N-ethyl adjacent to an activating group) is 2. The third-order valence-corrected chi connectivity index (χ3v) is 3.73. The van der Waals surface area contributed by atoms with Crippen molar-refractivity contribution in [1.29, 1.82) is 0 Å². The molecule has 1 aliphatic rings. The Morgan fingerprint density at radius 2 is 2.30 bits per heavy atom. The topological polar surface area (TPSA) is 72.9 Å². The molecule has 2 atom stereocenters. The number of amides is 2. The van der Waals surface area contributed by atoms with Gasteiger partial charge in [0.25, 0.3) is 0 Å². The Morgan fingerprint density at radius 1 is 1.60 bits per heavy atom. The predicted molar refractivity (Wildman–Crippen MR) is 77.7 cm³/mol. The average Bonchev–Trinajstić information content (AvgIpc) is 2.85. The van der Waals surface area contributed by atoms with E-state index in [1.165, 1.54) is 6.08 Å². The van der Waals surface area contributed by atoms with Crippen molar-refractivity contribution in [2.45, 2.75) is 38.3 Å². The van der Waals surface area contributed by atoms with Crippen LogP contribution >= 0.6 is 0 Å². The van der Waals surface area contributed by atoms with Crippen LogP contribution in [0, 0.1) is 0 Å². The molecule has 1 aliphatic heterocycles. The molecular formula is C14H25N3O3. The maximum Gasteiger partial charge on any atom is 0.326 e. The molecule has 0 spiro atoms. The second-order valence-electron chi connectivity index (χ2n) is 5.17. The smallest absolute Gasteiger partial charge is 0.326 e. The minimum atomic E-state index is -1.04. The summed E-state index contributed by atoms with van der Waals surface area (Å²) in [6.07, 6.45) is 3.96. The van der Waals surface area contributed by atoms with E-state index in [1.54, 1.807) is 11.9 Å². The first-order valence-corrected chi connectivity index (χ1v) is 7.09. The molecule has 1 saturated heterocycles. The van der Waals surface area contributed by atoms with Crippen LogP contribution in [0.15, 0.2) is 12.7 Å². The van der Waals surface area contributed by atoms with Crippen LogP contribution in [0.1, 0.15) is 26.2 Å². The molecule has 0 aromatic heterocycles. The normalized spacial score (nSPS) is 20.4. The Morgan fingerprint density at radius 3 is 2.85 bits per heavy atom. The molecule has 6 nitrogen and oxygen atoms in total. The fourth-order valence-corrected chi connectivity index (χ4v) is 2.56. The Balaban J connectivity index is 2.49. The molecule has 0 bridgehead atoms. The highest BCUT2D eigenvalue weighted by Gasteiger charge is 2.27. The molecule has 6 heteroatoms. The fraction of sp³-hybridized carbons (Fsp3) is 0.714. The van der Waals surface area contributed by atoms with Crippen LogP contribution in [-0.2, 0) is 4.79 Å². The summed E-state index contributed by atoms with van der Waals surface area (Å²) in [7, 11) is 1.70. The molecule has 1 heterocycles. The molecule has 0 aliphatic carbocycles. The summed E-state index contributed by atoms with van der Waals surface area (Å²) >= 11 is 0. The number of likely N-dealkylation sites (tertiary alicyclic amines) is 1. The first-order chi connectivity index (χ1) is 9.49. The number of hydrogen-bond donors (Lipinski definition) is 2. The van der Waals surface area contributed by atoms with Gasteiger partial charge in [-0.15, -0.1) is 6.58 Å². The number of carbonyl (C=O) groups is 2. The first-order valence-electron chi connectivity index (χ1n) is 7.09. The van der Waals surface area contributed by atoms with Gasteiger partial charge in [-0.05, 0) is 32.4 Å². The summed E-state index contributed by atoms with van der Waals surface area (Å²) in [5, 5.41) is 11.5. The SMILES string of the molecule is C=CCC(NC(=O)N(C)CC1CCCN1CC)C(=O)O. The molecule has 0 radical (unpaired) electrons. The number of carbonyl (C=O) groups excluding carboxylic acids is 1. The van der Waals surface area contributed by atoms with Crippen molar-refractivity contribution in [2.75, 3.05) is 26.7 Å². The van der Waals surface area contributed by atoms with Gasteiger partial charge in [-0.25, -0.2) is 9.59 Å². The standard InChI is InChI=1S/C14H25N3O3/c1-4-7-12(13(18)19)15-14(20)16(3)10-11-8-6-9-17(11)5-2/h4,11-12H,1,5-10H2,2-3H3,(H,15,20)(H,18,19). The quantitative estimate of drug-likeness (QED) is 0.687. The van der Waals surface area contributed by atoms with Gasteiger partial charge in [-0.2, -0.15) is 0 Å². The third kappa shape index (κ3) is 4.52. The molecule has 20 heavy (non-hydrogen) atoms.